The Labute approximate surface area is 163 Å². The van der Waals surface area contributed by atoms with Crippen LogP contribution >= 0.6 is 0 Å². The molecule has 1 aromatic heterocycles. The van der Waals surface area contributed by atoms with Crippen LogP contribution in [0.3, 0.4) is 0 Å². The molecule has 2 aromatic rings. The molecule has 2 heteroatoms. The molecule has 124 valence electrons. The molecule has 1 nitrogen and oxygen atoms in total. The van der Waals surface area contributed by atoms with Gasteiger partial charge in [0.1, 0.15) is 0 Å². The van der Waals surface area contributed by atoms with Crippen LogP contribution in [0.15, 0.2) is 24.4 Å². The van der Waals surface area contributed by atoms with E-state index in [1.165, 1.54) is 18.2 Å². The maximum atomic E-state index is 8.86. The maximum absolute atomic E-state index is 8.86. The third kappa shape index (κ3) is 3.71. The van der Waals surface area contributed by atoms with Gasteiger partial charge in [-0.1, -0.05) is 0 Å². The first kappa shape index (κ1) is 7.43. The normalized spacial score (nSPS) is 23.1. The first-order valence-electron chi connectivity index (χ1n) is 13.9. The Morgan fingerprint density at radius 2 is 1.70 bits per heavy atom. The Bertz CT molecular complexity index is 1140. The zero-order chi connectivity index (χ0) is 28.4. The molecule has 0 saturated carbocycles. The second-order valence-electron chi connectivity index (χ2n) is 6.93. The summed E-state index contributed by atoms with van der Waals surface area (Å²) in [4.78, 5) is 0. The minimum atomic E-state index is -3.19. The fraction of sp³-hybridized carbons (Fsp3) is 0.476. The van der Waals surface area contributed by atoms with Crippen LogP contribution < -0.4 is 8.96 Å². The second kappa shape index (κ2) is 6.43. The summed E-state index contributed by atoms with van der Waals surface area (Å²) in [5.74, 6) is 2.94. The molecule has 1 aromatic carbocycles. The third-order valence-electron chi connectivity index (χ3n) is 3.99. The van der Waals surface area contributed by atoms with Crippen LogP contribution in [0, 0.1) is 20.6 Å². The molecular formula is C21H32GeN+. The molecular weight excluding hydrogens is 339 g/mol. The van der Waals surface area contributed by atoms with Crippen molar-refractivity contribution in [2.75, 3.05) is 0 Å². The number of hydrogen-bond acceptors (Lipinski definition) is 0. The van der Waals surface area contributed by atoms with Crippen molar-refractivity contribution in [2.24, 2.45) is 7.05 Å². The number of benzene rings is 1. The first-order chi connectivity index (χ1) is 15.7. The van der Waals surface area contributed by atoms with Crippen molar-refractivity contribution in [3.8, 4) is 11.3 Å². The van der Waals surface area contributed by atoms with Gasteiger partial charge in [-0.2, -0.15) is 0 Å². The van der Waals surface area contributed by atoms with Crippen molar-refractivity contribution in [1.82, 2.24) is 0 Å². The Kier molecular flexibility index (Phi) is 2.08. The van der Waals surface area contributed by atoms with E-state index in [-0.39, 0.29) is 22.4 Å². The van der Waals surface area contributed by atoms with Gasteiger partial charge in [-0.3, -0.25) is 0 Å². The summed E-state index contributed by atoms with van der Waals surface area (Å²) in [5, 5.41) is 0. The Balaban J connectivity index is 3.11. The third-order valence-corrected chi connectivity index (χ3v) is 8.22. The van der Waals surface area contributed by atoms with Gasteiger partial charge >= 0.3 is 162 Å². The van der Waals surface area contributed by atoms with Crippen LogP contribution in [-0.4, -0.2) is 13.3 Å². The van der Waals surface area contributed by atoms with Crippen LogP contribution in [0.1, 0.15) is 59.7 Å². The average molecular weight is 384 g/mol. The first-order valence-corrected chi connectivity index (χ1v) is 14.8. The van der Waals surface area contributed by atoms with E-state index < -0.39 is 46.6 Å². The zero-order valence-electron chi connectivity index (χ0n) is 27.3. The fourth-order valence-electron chi connectivity index (χ4n) is 2.71. The van der Waals surface area contributed by atoms with Crippen LogP contribution in [0.4, 0.5) is 0 Å². The number of pyridine rings is 1. The van der Waals surface area contributed by atoms with Crippen molar-refractivity contribution in [1.29, 1.82) is 0 Å². The summed E-state index contributed by atoms with van der Waals surface area (Å²) in [7, 11) is 1.67. The molecule has 0 aliphatic heterocycles. The molecule has 23 heavy (non-hydrogen) atoms. The summed E-state index contributed by atoms with van der Waals surface area (Å²) >= 11 is -2.97. The van der Waals surface area contributed by atoms with Crippen molar-refractivity contribution >= 4 is 17.7 Å². The standard InChI is InChI=1S/C21H32GeN/c1-14(2)18-12-21(23(9)13-20(18)22(6,7)8)19-11-16(4)15(3)10-17(19)5/h10-14H,1-9H3/q+1/i1D3,2D3,3D3,4D3,14D. The number of hydrogen-bond donors (Lipinski definition) is 0. The van der Waals surface area contributed by atoms with Crippen LogP contribution in [0.25, 0.3) is 11.3 Å². The summed E-state index contributed by atoms with van der Waals surface area (Å²) < 4.78 is 106. The molecule has 0 atom stereocenters. The van der Waals surface area contributed by atoms with Crippen LogP contribution in [0.5, 0.6) is 0 Å². The summed E-state index contributed by atoms with van der Waals surface area (Å²) in [6.45, 7) is -10.2. The summed E-state index contributed by atoms with van der Waals surface area (Å²) in [5.41, 5.74) is 0.186. The van der Waals surface area contributed by atoms with E-state index >= 15 is 0 Å². The van der Waals surface area contributed by atoms with Gasteiger partial charge in [-0.05, 0) is 0 Å². The summed E-state index contributed by atoms with van der Waals surface area (Å²) in [6.07, 6.45) is 1.64. The Morgan fingerprint density at radius 1 is 1.04 bits per heavy atom. The topological polar surface area (TPSA) is 3.88 Å². The molecule has 0 amide bonds. The fourth-order valence-corrected chi connectivity index (χ4v) is 6.03. The molecule has 2 rings (SSSR count). The monoisotopic (exact) mass is 385 g/mol. The second-order valence-corrected chi connectivity index (χ2v) is 17.5. The Morgan fingerprint density at radius 3 is 2.26 bits per heavy atom. The van der Waals surface area contributed by atoms with E-state index in [2.05, 4.69) is 0 Å². The SMILES string of the molecule is [2H]C([2H])([2H])c1cc(C)c(-c2cc(C([2H])(C([2H])([2H])[2H])C([2H])([2H])[2H])[c]([Ge]([CH3])([CH3])[CH3])c[n+]2C)cc1C([2H])([2H])[2H]. The van der Waals surface area contributed by atoms with Gasteiger partial charge in [-0.15, -0.1) is 0 Å². The number of rotatable bonds is 3. The van der Waals surface area contributed by atoms with E-state index in [0.717, 1.165) is 0 Å². The van der Waals surface area contributed by atoms with Crippen molar-refractivity contribution in [2.45, 2.75) is 57.5 Å². The predicted octanol–water partition coefficient (Wildman–Crippen LogP) is 4.77. The van der Waals surface area contributed by atoms with E-state index in [0.29, 0.717) is 15.5 Å². The van der Waals surface area contributed by atoms with Gasteiger partial charge in [0.25, 0.3) is 0 Å². The molecule has 0 fully saturated rings. The van der Waals surface area contributed by atoms with Crippen molar-refractivity contribution in [3.05, 3.63) is 46.6 Å². The molecule has 0 aliphatic carbocycles. The summed E-state index contributed by atoms with van der Waals surface area (Å²) in [6, 6.07) is 3.89. The van der Waals surface area contributed by atoms with Crippen molar-refractivity contribution < 1.29 is 22.4 Å². The molecule has 0 bridgehead atoms. The van der Waals surface area contributed by atoms with E-state index in [1.54, 1.807) is 24.7 Å². The van der Waals surface area contributed by atoms with Gasteiger partial charge < -0.3 is 0 Å². The average Bonchev–Trinajstić information content (AvgIpc) is 2.63. The van der Waals surface area contributed by atoms with Crippen LogP contribution in [-0.2, 0) is 7.05 Å². The molecule has 0 aliphatic rings. The molecule has 0 N–H and O–H groups in total. The van der Waals surface area contributed by atoms with E-state index in [1.807, 2.05) is 17.3 Å². The van der Waals surface area contributed by atoms with Gasteiger partial charge in [0.2, 0.25) is 0 Å². The minimum absolute atomic E-state index is 0.141. The number of nitrogens with zero attached hydrogens (tertiary/aromatic N) is 1. The van der Waals surface area contributed by atoms with Crippen molar-refractivity contribution in [3.63, 3.8) is 0 Å². The predicted molar refractivity (Wildman–Crippen MR) is 104 cm³/mol. The van der Waals surface area contributed by atoms with Gasteiger partial charge in [0.05, 0.1) is 0 Å². The zero-order valence-corrected chi connectivity index (χ0v) is 16.4. The quantitative estimate of drug-likeness (QED) is 0.530. The van der Waals surface area contributed by atoms with E-state index in [4.69, 9.17) is 17.8 Å². The molecule has 1 heterocycles. The van der Waals surface area contributed by atoms with Gasteiger partial charge in [-0.25, -0.2) is 0 Å². The van der Waals surface area contributed by atoms with E-state index in [9.17, 15) is 0 Å². The molecule has 0 spiro atoms. The molecule has 0 unspecified atom stereocenters. The van der Waals surface area contributed by atoms with Crippen LogP contribution in [0.2, 0.25) is 17.3 Å². The molecule has 0 radical (unpaired) electrons. The Hall–Kier alpha value is -1.09. The number of aryl methyl sites for hydroxylation is 4. The van der Waals surface area contributed by atoms with Gasteiger partial charge in [0, 0.05) is 0 Å². The molecule has 0 saturated heterocycles. The van der Waals surface area contributed by atoms with Gasteiger partial charge in [0.15, 0.2) is 0 Å². The number of aromatic nitrogens is 1.